The van der Waals surface area contributed by atoms with E-state index >= 15 is 0 Å². The summed E-state index contributed by atoms with van der Waals surface area (Å²) in [5, 5.41) is 3.92. The molecule has 0 saturated carbocycles. The van der Waals surface area contributed by atoms with Crippen molar-refractivity contribution in [1.29, 1.82) is 0 Å². The molecular formula is C10H20N4O. The first-order chi connectivity index (χ1) is 7.10. The maximum absolute atomic E-state index is 5.92. The van der Waals surface area contributed by atoms with Gasteiger partial charge in [-0.1, -0.05) is 13.8 Å². The Hall–Kier alpha value is -1.10. The van der Waals surface area contributed by atoms with Crippen molar-refractivity contribution in [1.82, 2.24) is 10.1 Å². The van der Waals surface area contributed by atoms with Crippen LogP contribution >= 0.6 is 0 Å². The Labute approximate surface area is 90.6 Å². The summed E-state index contributed by atoms with van der Waals surface area (Å²) in [4.78, 5) is 6.32. The molecule has 1 aromatic rings. The van der Waals surface area contributed by atoms with E-state index in [4.69, 9.17) is 10.3 Å². The van der Waals surface area contributed by atoms with Crippen LogP contribution < -0.4 is 10.6 Å². The van der Waals surface area contributed by atoms with Crippen molar-refractivity contribution in [2.24, 2.45) is 11.7 Å². The topological polar surface area (TPSA) is 68.2 Å². The molecule has 0 radical (unpaired) electrons. The van der Waals surface area contributed by atoms with Crippen LogP contribution in [0.2, 0.25) is 0 Å². The van der Waals surface area contributed by atoms with Gasteiger partial charge in [-0.2, -0.15) is 4.98 Å². The summed E-state index contributed by atoms with van der Waals surface area (Å²) in [5.41, 5.74) is 5.92. The fraction of sp³-hybridized carbons (Fsp3) is 0.800. The molecule has 0 spiro atoms. The molecule has 0 saturated heterocycles. The lowest BCUT2D eigenvalue weighted by molar-refractivity contribution is 0.324. The molecule has 1 atom stereocenters. The monoisotopic (exact) mass is 212 g/mol. The molecule has 15 heavy (non-hydrogen) atoms. The standard InChI is InChI=1S/C10H20N4O/c1-5-14(6-2)10-12-9(15-13-10)8(11)7(3)4/h7-8H,5-6,11H2,1-4H3. The third-order valence-corrected chi connectivity index (χ3v) is 2.48. The van der Waals surface area contributed by atoms with Crippen LogP contribution in [-0.2, 0) is 0 Å². The van der Waals surface area contributed by atoms with Crippen molar-refractivity contribution >= 4 is 5.95 Å². The Morgan fingerprint density at radius 3 is 2.40 bits per heavy atom. The van der Waals surface area contributed by atoms with Crippen molar-refractivity contribution < 1.29 is 4.52 Å². The Balaban J connectivity index is 2.79. The summed E-state index contributed by atoms with van der Waals surface area (Å²) in [6.07, 6.45) is 0. The van der Waals surface area contributed by atoms with Gasteiger partial charge in [0, 0.05) is 13.1 Å². The van der Waals surface area contributed by atoms with Crippen LogP contribution in [0.4, 0.5) is 5.95 Å². The van der Waals surface area contributed by atoms with Crippen molar-refractivity contribution in [2.75, 3.05) is 18.0 Å². The molecule has 0 aliphatic heterocycles. The Morgan fingerprint density at radius 1 is 1.33 bits per heavy atom. The number of nitrogens with zero attached hydrogens (tertiary/aromatic N) is 3. The lowest BCUT2D eigenvalue weighted by Crippen LogP contribution is -2.23. The molecule has 1 aromatic heterocycles. The first-order valence-electron chi connectivity index (χ1n) is 5.44. The average molecular weight is 212 g/mol. The molecule has 0 aliphatic carbocycles. The van der Waals surface area contributed by atoms with Crippen LogP contribution in [-0.4, -0.2) is 23.2 Å². The van der Waals surface area contributed by atoms with E-state index in [1.165, 1.54) is 0 Å². The summed E-state index contributed by atoms with van der Waals surface area (Å²) >= 11 is 0. The molecule has 0 aromatic carbocycles. The van der Waals surface area contributed by atoms with Crippen LogP contribution in [0.5, 0.6) is 0 Å². The molecule has 0 amide bonds. The van der Waals surface area contributed by atoms with Crippen LogP contribution in [0.15, 0.2) is 4.52 Å². The van der Waals surface area contributed by atoms with Crippen molar-refractivity contribution in [3.8, 4) is 0 Å². The maximum atomic E-state index is 5.92. The van der Waals surface area contributed by atoms with Gasteiger partial charge in [-0.15, -0.1) is 0 Å². The number of hydrogen-bond donors (Lipinski definition) is 1. The van der Waals surface area contributed by atoms with Crippen LogP contribution in [0.1, 0.15) is 39.6 Å². The summed E-state index contributed by atoms with van der Waals surface area (Å²) in [5.74, 6) is 1.45. The van der Waals surface area contributed by atoms with E-state index in [0.29, 0.717) is 17.8 Å². The van der Waals surface area contributed by atoms with Gasteiger partial charge in [0.25, 0.3) is 5.95 Å². The molecule has 0 aliphatic rings. The molecule has 2 N–H and O–H groups in total. The van der Waals surface area contributed by atoms with Gasteiger partial charge < -0.3 is 15.2 Å². The molecule has 0 fully saturated rings. The van der Waals surface area contributed by atoms with Crippen molar-refractivity contribution in [3.63, 3.8) is 0 Å². The normalized spacial score (nSPS) is 13.2. The smallest absolute Gasteiger partial charge is 0.266 e. The molecule has 5 heteroatoms. The zero-order chi connectivity index (χ0) is 11.4. The number of anilines is 1. The fourth-order valence-corrected chi connectivity index (χ4v) is 1.28. The van der Waals surface area contributed by atoms with Gasteiger partial charge in [0.2, 0.25) is 5.89 Å². The minimum atomic E-state index is -0.179. The minimum Gasteiger partial charge on any atom is -0.339 e. The number of nitrogens with two attached hydrogens (primary N) is 1. The van der Waals surface area contributed by atoms with E-state index in [2.05, 4.69) is 24.0 Å². The number of rotatable bonds is 5. The van der Waals surface area contributed by atoms with Gasteiger partial charge >= 0.3 is 0 Å². The second-order valence-corrected chi connectivity index (χ2v) is 3.87. The Bertz CT molecular complexity index is 277. The first kappa shape index (κ1) is 12.0. The summed E-state index contributed by atoms with van der Waals surface area (Å²) in [6, 6.07) is -0.179. The summed E-state index contributed by atoms with van der Waals surface area (Å²) < 4.78 is 5.14. The summed E-state index contributed by atoms with van der Waals surface area (Å²) in [6.45, 7) is 9.92. The highest BCUT2D eigenvalue weighted by Gasteiger charge is 2.19. The van der Waals surface area contributed by atoms with Gasteiger partial charge in [0.15, 0.2) is 0 Å². The Morgan fingerprint density at radius 2 is 1.93 bits per heavy atom. The molecule has 1 unspecified atom stereocenters. The zero-order valence-electron chi connectivity index (χ0n) is 9.90. The Kier molecular flexibility index (Phi) is 4.08. The summed E-state index contributed by atoms with van der Waals surface area (Å²) in [7, 11) is 0. The van der Waals surface area contributed by atoms with Gasteiger partial charge in [0.1, 0.15) is 0 Å². The van der Waals surface area contributed by atoms with E-state index in [1.54, 1.807) is 0 Å². The van der Waals surface area contributed by atoms with Gasteiger partial charge in [-0.05, 0) is 24.9 Å². The van der Waals surface area contributed by atoms with E-state index in [1.807, 2.05) is 18.7 Å². The van der Waals surface area contributed by atoms with Crippen LogP contribution in [0.25, 0.3) is 0 Å². The van der Waals surface area contributed by atoms with Gasteiger partial charge in [-0.25, -0.2) is 0 Å². The van der Waals surface area contributed by atoms with Crippen LogP contribution in [0, 0.1) is 5.92 Å². The maximum Gasteiger partial charge on any atom is 0.266 e. The number of aromatic nitrogens is 2. The lowest BCUT2D eigenvalue weighted by Gasteiger charge is -2.14. The SMILES string of the molecule is CCN(CC)c1noc(C(N)C(C)C)n1. The molecule has 1 heterocycles. The van der Waals surface area contributed by atoms with E-state index < -0.39 is 0 Å². The fourth-order valence-electron chi connectivity index (χ4n) is 1.28. The predicted molar refractivity (Wildman–Crippen MR) is 59.6 cm³/mol. The average Bonchev–Trinajstić information content (AvgIpc) is 2.67. The zero-order valence-corrected chi connectivity index (χ0v) is 9.90. The molecule has 5 nitrogen and oxygen atoms in total. The minimum absolute atomic E-state index is 0.179. The molecule has 86 valence electrons. The third-order valence-electron chi connectivity index (χ3n) is 2.48. The second-order valence-electron chi connectivity index (χ2n) is 3.87. The van der Waals surface area contributed by atoms with Crippen molar-refractivity contribution in [2.45, 2.75) is 33.7 Å². The van der Waals surface area contributed by atoms with E-state index in [-0.39, 0.29) is 6.04 Å². The highest BCUT2D eigenvalue weighted by atomic mass is 16.5. The first-order valence-corrected chi connectivity index (χ1v) is 5.44. The van der Waals surface area contributed by atoms with Crippen molar-refractivity contribution in [3.05, 3.63) is 5.89 Å². The second kappa shape index (κ2) is 5.11. The van der Waals surface area contributed by atoms with E-state index in [9.17, 15) is 0 Å². The highest BCUT2D eigenvalue weighted by molar-refractivity contribution is 5.27. The van der Waals surface area contributed by atoms with Crippen LogP contribution in [0.3, 0.4) is 0 Å². The molecule has 0 bridgehead atoms. The largest absolute Gasteiger partial charge is 0.339 e. The quantitative estimate of drug-likeness (QED) is 0.802. The number of hydrogen-bond acceptors (Lipinski definition) is 5. The highest BCUT2D eigenvalue weighted by Crippen LogP contribution is 2.19. The lowest BCUT2D eigenvalue weighted by atomic mass is 10.1. The van der Waals surface area contributed by atoms with Gasteiger partial charge in [-0.3, -0.25) is 0 Å². The van der Waals surface area contributed by atoms with Gasteiger partial charge in [0.05, 0.1) is 6.04 Å². The third kappa shape index (κ3) is 2.68. The molecule has 1 rings (SSSR count). The van der Waals surface area contributed by atoms with E-state index in [0.717, 1.165) is 13.1 Å². The predicted octanol–water partition coefficient (Wildman–Crippen LogP) is 1.57. The molecular weight excluding hydrogens is 192 g/mol.